The Balaban J connectivity index is 1.99. The lowest BCUT2D eigenvalue weighted by Crippen LogP contribution is -2.32. The molecule has 0 aromatic carbocycles. The van der Waals surface area contributed by atoms with Crippen LogP contribution in [0.2, 0.25) is 0 Å². The molecule has 5 nitrogen and oxygen atoms in total. The number of sulfonamides is 1. The van der Waals surface area contributed by atoms with E-state index in [2.05, 4.69) is 10.0 Å². The van der Waals surface area contributed by atoms with Gasteiger partial charge in [0.25, 0.3) is 10.0 Å². The fourth-order valence-electron chi connectivity index (χ4n) is 2.22. The highest BCUT2D eigenvalue weighted by molar-refractivity contribution is 7.89. The van der Waals surface area contributed by atoms with Crippen molar-refractivity contribution in [1.82, 2.24) is 10.0 Å². The topological polar surface area (TPSA) is 71.3 Å². The van der Waals surface area contributed by atoms with Gasteiger partial charge < -0.3 is 9.73 Å². The average molecular weight is 286 g/mol. The first-order valence-corrected chi connectivity index (χ1v) is 8.30. The van der Waals surface area contributed by atoms with E-state index in [1.54, 1.807) is 6.07 Å². The SMILES string of the molecule is CC(C)NCc1ccc(S(=O)(=O)NC2CCCC2)o1. The largest absolute Gasteiger partial charge is 0.447 e. The van der Waals surface area contributed by atoms with E-state index in [0.717, 1.165) is 25.7 Å². The molecule has 108 valence electrons. The zero-order valence-electron chi connectivity index (χ0n) is 11.5. The molecule has 1 aromatic rings. The Hall–Kier alpha value is -0.850. The second-order valence-corrected chi connectivity index (χ2v) is 7.00. The van der Waals surface area contributed by atoms with Crippen LogP contribution in [0.15, 0.2) is 21.6 Å². The molecule has 0 saturated heterocycles. The van der Waals surface area contributed by atoms with Crippen LogP contribution in [0, 0.1) is 0 Å². The van der Waals surface area contributed by atoms with Gasteiger partial charge in [0.15, 0.2) is 0 Å². The van der Waals surface area contributed by atoms with Crippen LogP contribution in [0.1, 0.15) is 45.3 Å². The monoisotopic (exact) mass is 286 g/mol. The summed E-state index contributed by atoms with van der Waals surface area (Å²) in [5, 5.41) is 3.20. The van der Waals surface area contributed by atoms with Crippen molar-refractivity contribution in [3.63, 3.8) is 0 Å². The van der Waals surface area contributed by atoms with Crippen LogP contribution in [0.3, 0.4) is 0 Å². The van der Waals surface area contributed by atoms with E-state index < -0.39 is 10.0 Å². The van der Waals surface area contributed by atoms with E-state index in [4.69, 9.17) is 4.42 Å². The Morgan fingerprint density at radius 3 is 2.63 bits per heavy atom. The van der Waals surface area contributed by atoms with Crippen LogP contribution in [0.5, 0.6) is 0 Å². The fourth-order valence-corrected chi connectivity index (χ4v) is 3.48. The fraction of sp³-hybridized carbons (Fsp3) is 0.692. The normalized spacial score (nSPS) is 17.4. The van der Waals surface area contributed by atoms with Gasteiger partial charge in [0, 0.05) is 12.1 Å². The van der Waals surface area contributed by atoms with Crippen molar-refractivity contribution < 1.29 is 12.8 Å². The first-order valence-electron chi connectivity index (χ1n) is 6.82. The predicted molar refractivity (Wildman–Crippen MR) is 73.3 cm³/mol. The van der Waals surface area contributed by atoms with Crippen LogP contribution < -0.4 is 10.0 Å². The van der Waals surface area contributed by atoms with E-state index in [1.165, 1.54) is 6.07 Å². The summed E-state index contributed by atoms with van der Waals surface area (Å²) in [7, 11) is -3.51. The molecule has 19 heavy (non-hydrogen) atoms. The predicted octanol–water partition coefficient (Wildman–Crippen LogP) is 2.00. The molecule has 0 unspecified atom stereocenters. The maximum atomic E-state index is 12.1. The molecule has 6 heteroatoms. The Morgan fingerprint density at radius 2 is 2.00 bits per heavy atom. The van der Waals surface area contributed by atoms with Crippen LogP contribution in [-0.4, -0.2) is 20.5 Å². The van der Waals surface area contributed by atoms with Crippen molar-refractivity contribution in [2.45, 2.75) is 63.3 Å². The summed E-state index contributed by atoms with van der Waals surface area (Å²) in [6, 6.07) is 3.63. The lowest BCUT2D eigenvalue weighted by Gasteiger charge is -2.10. The Labute approximate surface area is 114 Å². The minimum absolute atomic E-state index is 0.0138. The summed E-state index contributed by atoms with van der Waals surface area (Å²) in [5.41, 5.74) is 0. The third-order valence-corrected chi connectivity index (χ3v) is 4.66. The summed E-state index contributed by atoms with van der Waals surface area (Å²) in [5.74, 6) is 0.639. The van der Waals surface area contributed by atoms with Crippen LogP contribution in [0.4, 0.5) is 0 Å². The quantitative estimate of drug-likeness (QED) is 0.839. The number of hydrogen-bond acceptors (Lipinski definition) is 4. The minimum atomic E-state index is -3.51. The van der Waals surface area contributed by atoms with Gasteiger partial charge in [-0.05, 0) is 25.0 Å². The van der Waals surface area contributed by atoms with Gasteiger partial charge in [-0.15, -0.1) is 0 Å². The van der Waals surface area contributed by atoms with Gasteiger partial charge in [-0.25, -0.2) is 13.1 Å². The molecule has 2 N–H and O–H groups in total. The van der Waals surface area contributed by atoms with Gasteiger partial charge >= 0.3 is 0 Å². The lowest BCUT2D eigenvalue weighted by molar-refractivity contribution is 0.391. The van der Waals surface area contributed by atoms with Crippen LogP contribution in [-0.2, 0) is 16.6 Å². The number of hydrogen-bond donors (Lipinski definition) is 2. The molecule has 1 aliphatic rings. The molecule has 1 aromatic heterocycles. The highest BCUT2D eigenvalue weighted by Crippen LogP contribution is 2.21. The lowest BCUT2D eigenvalue weighted by atomic mass is 10.3. The van der Waals surface area contributed by atoms with E-state index >= 15 is 0 Å². The molecular weight excluding hydrogens is 264 g/mol. The van der Waals surface area contributed by atoms with E-state index in [1.807, 2.05) is 13.8 Å². The second-order valence-electron chi connectivity index (χ2n) is 5.36. The molecule has 0 aliphatic heterocycles. The summed E-state index contributed by atoms with van der Waals surface area (Å²) in [6.07, 6.45) is 4.02. The zero-order chi connectivity index (χ0) is 13.9. The first kappa shape index (κ1) is 14.6. The highest BCUT2D eigenvalue weighted by Gasteiger charge is 2.25. The van der Waals surface area contributed by atoms with Crippen molar-refractivity contribution in [1.29, 1.82) is 0 Å². The molecule has 0 amide bonds. The Bertz CT molecular complexity index is 502. The zero-order valence-corrected chi connectivity index (χ0v) is 12.3. The molecule has 0 spiro atoms. The maximum Gasteiger partial charge on any atom is 0.274 e. The summed E-state index contributed by atoms with van der Waals surface area (Å²) >= 11 is 0. The standard InChI is InChI=1S/C13H22N2O3S/c1-10(2)14-9-12-7-8-13(18-12)19(16,17)15-11-5-3-4-6-11/h7-8,10-11,14-15H,3-6,9H2,1-2H3. The number of furan rings is 1. The Morgan fingerprint density at radius 1 is 1.32 bits per heavy atom. The molecule has 0 radical (unpaired) electrons. The van der Waals surface area contributed by atoms with Gasteiger partial charge in [-0.1, -0.05) is 26.7 Å². The summed E-state index contributed by atoms with van der Waals surface area (Å²) in [6.45, 7) is 4.60. The van der Waals surface area contributed by atoms with Gasteiger partial charge in [-0.3, -0.25) is 0 Å². The number of nitrogens with one attached hydrogen (secondary N) is 2. The Kier molecular flexibility index (Phi) is 4.65. The molecular formula is C13H22N2O3S. The molecule has 1 heterocycles. The van der Waals surface area contributed by atoms with Crippen molar-refractivity contribution in [3.8, 4) is 0 Å². The van der Waals surface area contributed by atoms with Crippen molar-refractivity contribution in [3.05, 3.63) is 17.9 Å². The average Bonchev–Trinajstić information content (AvgIpc) is 2.96. The highest BCUT2D eigenvalue weighted by atomic mass is 32.2. The number of rotatable bonds is 6. The van der Waals surface area contributed by atoms with Crippen molar-refractivity contribution in [2.75, 3.05) is 0 Å². The minimum Gasteiger partial charge on any atom is -0.447 e. The van der Waals surface area contributed by atoms with E-state index in [9.17, 15) is 8.42 Å². The molecule has 0 bridgehead atoms. The second kappa shape index (κ2) is 6.07. The smallest absolute Gasteiger partial charge is 0.274 e. The first-order chi connectivity index (χ1) is 8.97. The van der Waals surface area contributed by atoms with Crippen molar-refractivity contribution >= 4 is 10.0 Å². The van der Waals surface area contributed by atoms with E-state index in [0.29, 0.717) is 18.3 Å². The molecule has 0 atom stereocenters. The van der Waals surface area contributed by atoms with Crippen molar-refractivity contribution in [2.24, 2.45) is 0 Å². The maximum absolute atomic E-state index is 12.1. The van der Waals surface area contributed by atoms with Crippen LogP contribution >= 0.6 is 0 Å². The molecule has 1 fully saturated rings. The third kappa shape index (κ3) is 4.06. The third-order valence-electron chi connectivity index (χ3n) is 3.26. The molecule has 1 saturated carbocycles. The van der Waals surface area contributed by atoms with E-state index in [-0.39, 0.29) is 11.1 Å². The summed E-state index contributed by atoms with van der Waals surface area (Å²) < 4.78 is 32.3. The van der Waals surface area contributed by atoms with Gasteiger partial charge in [0.1, 0.15) is 5.76 Å². The summed E-state index contributed by atoms with van der Waals surface area (Å²) in [4.78, 5) is 0. The van der Waals surface area contributed by atoms with Crippen LogP contribution in [0.25, 0.3) is 0 Å². The molecule has 2 rings (SSSR count). The van der Waals surface area contributed by atoms with Gasteiger partial charge in [0.05, 0.1) is 6.54 Å². The molecule has 1 aliphatic carbocycles. The van der Waals surface area contributed by atoms with Gasteiger partial charge in [-0.2, -0.15) is 0 Å². The van der Waals surface area contributed by atoms with Gasteiger partial charge in [0.2, 0.25) is 5.09 Å².